The van der Waals surface area contributed by atoms with Crippen molar-refractivity contribution >= 4 is 99.4 Å². The quantitative estimate of drug-likeness (QED) is 0.00731. The Kier molecular flexibility index (Phi) is 34.5. The number of benzene rings is 4. The maximum atomic E-state index is 14.5. The van der Waals surface area contributed by atoms with E-state index in [-0.39, 0.29) is 140 Å². The molecule has 0 aromatic heterocycles. The minimum atomic E-state index is -2.58. The summed E-state index contributed by atoms with van der Waals surface area (Å²) in [4.78, 5) is 165. The SMILES string of the molecule is C=CCOC(=O)C[C@H](C(=O)N[C@@H](CCCNC(N)=O)C(=O)Cc1ccc(COC(=O)N2c3cc(C)c(C)cc3C(=O)N3C=C(C)C[C@H]3[C@@H]2O[Si](C)(C)C(C)(C)C)cc1)C(C)C.C=CCOC(=O)C[C@H](C(=O)N[C@@H](CCCNC(N)=O)C(=O)Cc1ccc(COC(=O)N2c3cc(O)c(C)cc3C(=O)N3C=C(C)C[C@H]3[C@@H]2O[Si](C)(C)C(C)(C)C)cc1)C(C)C. The number of amides is 10. The van der Waals surface area contributed by atoms with Crippen molar-refractivity contribution in [3.8, 4) is 5.75 Å². The summed E-state index contributed by atoms with van der Waals surface area (Å²) < 4.78 is 36.3. The van der Waals surface area contributed by atoms with Crippen LogP contribution in [-0.4, -0.2) is 166 Å². The highest BCUT2D eigenvalue weighted by Gasteiger charge is 2.53. The largest absolute Gasteiger partial charge is 0.508 e. The molecule has 664 valence electrons. The Balaban J connectivity index is 0.000000336. The van der Waals surface area contributed by atoms with E-state index in [1.807, 2.05) is 59.9 Å². The van der Waals surface area contributed by atoms with E-state index in [4.69, 9.17) is 39.3 Å². The second-order valence-electron chi connectivity index (χ2n) is 35.9. The lowest BCUT2D eigenvalue weighted by atomic mass is 9.90. The predicted octanol–water partition coefficient (Wildman–Crippen LogP) is 14.1. The van der Waals surface area contributed by atoms with Gasteiger partial charge >= 0.3 is 36.2 Å². The molecule has 4 aromatic rings. The molecule has 29 nitrogen and oxygen atoms in total. The van der Waals surface area contributed by atoms with Gasteiger partial charge in [0, 0.05) is 44.4 Å². The third kappa shape index (κ3) is 26.1. The molecule has 0 saturated heterocycles. The number of rotatable bonds is 36. The molecule has 4 aliphatic heterocycles. The van der Waals surface area contributed by atoms with E-state index in [1.54, 1.807) is 91.4 Å². The predicted molar refractivity (Wildman–Crippen MR) is 471 cm³/mol. The third-order valence-corrected chi connectivity index (χ3v) is 32.4. The van der Waals surface area contributed by atoms with Gasteiger partial charge in [0.25, 0.3) is 11.8 Å². The third-order valence-electron chi connectivity index (χ3n) is 23.5. The number of phenols is 1. The van der Waals surface area contributed by atoms with Gasteiger partial charge in [0.1, 0.15) is 32.2 Å². The maximum Gasteiger partial charge on any atom is 0.416 e. The smallest absolute Gasteiger partial charge is 0.416 e. The number of carbonyl (C=O) groups excluding carboxylic acids is 12. The fourth-order valence-corrected chi connectivity index (χ4v) is 16.6. The Hall–Kier alpha value is -10.8. The van der Waals surface area contributed by atoms with E-state index in [1.165, 1.54) is 28.0 Å². The van der Waals surface area contributed by atoms with Crippen LogP contribution in [0.5, 0.6) is 5.75 Å². The van der Waals surface area contributed by atoms with Gasteiger partial charge in [-0.2, -0.15) is 0 Å². The van der Waals surface area contributed by atoms with Gasteiger partial charge in [0.2, 0.25) is 11.8 Å². The molecule has 4 heterocycles. The number of aromatic hydroxyl groups is 1. The number of primary amides is 2. The number of hydrogen-bond donors (Lipinski definition) is 7. The number of anilines is 2. The molecule has 0 spiro atoms. The van der Waals surface area contributed by atoms with Crippen molar-refractivity contribution in [2.45, 2.75) is 254 Å². The number of aryl methyl sites for hydroxylation is 3. The molecular formula is C91H128N10O19Si2. The van der Waals surface area contributed by atoms with Crippen LogP contribution in [0, 0.1) is 44.4 Å². The van der Waals surface area contributed by atoms with E-state index in [9.17, 15) is 62.6 Å². The molecule has 0 bridgehead atoms. The normalized spacial score (nSPS) is 17.4. The molecule has 31 heteroatoms. The fourth-order valence-electron chi connectivity index (χ4n) is 14.1. The van der Waals surface area contributed by atoms with Gasteiger partial charge in [-0.1, -0.05) is 154 Å². The van der Waals surface area contributed by atoms with Crippen molar-refractivity contribution in [3.63, 3.8) is 0 Å². The van der Waals surface area contributed by atoms with E-state index >= 15 is 0 Å². The zero-order valence-corrected chi connectivity index (χ0v) is 76.5. The lowest BCUT2D eigenvalue weighted by molar-refractivity contribution is -0.147. The molecule has 0 radical (unpaired) electrons. The van der Waals surface area contributed by atoms with Crippen LogP contribution in [0.3, 0.4) is 0 Å². The van der Waals surface area contributed by atoms with Crippen molar-refractivity contribution in [2.24, 2.45) is 35.1 Å². The topological polar surface area (TPSA) is 394 Å². The fraction of sp³-hybridized carbons (Fsp3) is 0.516. The van der Waals surface area contributed by atoms with Crippen molar-refractivity contribution in [3.05, 3.63) is 172 Å². The lowest BCUT2D eigenvalue weighted by Crippen LogP contribution is -2.57. The summed E-state index contributed by atoms with van der Waals surface area (Å²) in [5.74, 6) is -5.07. The monoisotopic (exact) mass is 1720 g/mol. The van der Waals surface area contributed by atoms with Gasteiger partial charge in [0.15, 0.2) is 40.7 Å². The second kappa shape index (κ2) is 42.8. The minimum Gasteiger partial charge on any atom is -0.508 e. The first-order chi connectivity index (χ1) is 57.1. The first kappa shape index (κ1) is 98.3. The van der Waals surface area contributed by atoms with Crippen molar-refractivity contribution < 1.29 is 90.4 Å². The highest BCUT2D eigenvalue weighted by Crippen LogP contribution is 2.47. The number of nitrogens with zero attached hydrogens (tertiary/aromatic N) is 4. The van der Waals surface area contributed by atoms with Crippen LogP contribution >= 0.6 is 0 Å². The van der Waals surface area contributed by atoms with E-state index in [2.05, 4.69) is 102 Å². The van der Waals surface area contributed by atoms with Crippen LogP contribution < -0.4 is 42.5 Å². The Morgan fingerprint density at radius 2 is 0.869 bits per heavy atom. The summed E-state index contributed by atoms with van der Waals surface area (Å²) in [6.45, 7) is 45.1. The van der Waals surface area contributed by atoms with E-state index in [0.717, 1.165) is 22.3 Å². The average molecular weight is 1720 g/mol. The van der Waals surface area contributed by atoms with Gasteiger partial charge in [-0.25, -0.2) is 29.0 Å². The van der Waals surface area contributed by atoms with Crippen LogP contribution in [0.2, 0.25) is 36.3 Å². The van der Waals surface area contributed by atoms with Gasteiger partial charge in [0.05, 0.1) is 71.3 Å². The molecule has 8 atom stereocenters. The molecule has 9 N–H and O–H groups in total. The number of Topliss-reactive ketones (excluding diaryl/α,β-unsaturated/α-hetero) is 2. The molecule has 0 unspecified atom stereocenters. The summed E-state index contributed by atoms with van der Waals surface area (Å²) in [6.07, 6.45) is 5.18. The number of ether oxygens (including phenoxy) is 4. The number of hydrogen-bond acceptors (Lipinski definition) is 19. The van der Waals surface area contributed by atoms with E-state index < -0.39 is 113 Å². The van der Waals surface area contributed by atoms with Crippen molar-refractivity contribution in [1.82, 2.24) is 31.1 Å². The molecule has 4 aliphatic rings. The highest BCUT2D eigenvalue weighted by molar-refractivity contribution is 6.74. The lowest BCUT2D eigenvalue weighted by Gasteiger charge is -2.44. The zero-order chi connectivity index (χ0) is 90.8. The number of nitrogens with two attached hydrogens (primary N) is 2. The number of phenolic OH excluding ortho intramolecular Hbond substituents is 1. The molecular weight excluding hydrogens is 1590 g/mol. The summed E-state index contributed by atoms with van der Waals surface area (Å²) in [7, 11) is -5.10. The number of fused-ring (bicyclic) bond motifs is 4. The van der Waals surface area contributed by atoms with Crippen LogP contribution in [0.25, 0.3) is 0 Å². The summed E-state index contributed by atoms with van der Waals surface area (Å²) in [5, 5.41) is 21.1. The number of urea groups is 2. The van der Waals surface area contributed by atoms with Crippen LogP contribution in [0.1, 0.15) is 194 Å². The molecule has 10 amide bonds. The van der Waals surface area contributed by atoms with E-state index in [0.29, 0.717) is 64.8 Å². The van der Waals surface area contributed by atoms with Gasteiger partial charge in [-0.15, -0.1) is 0 Å². The molecule has 4 aromatic carbocycles. The van der Waals surface area contributed by atoms with Crippen molar-refractivity contribution in [1.29, 1.82) is 0 Å². The molecule has 0 fully saturated rings. The Labute approximate surface area is 720 Å². The Morgan fingerprint density at radius 1 is 0.525 bits per heavy atom. The van der Waals surface area contributed by atoms with Crippen LogP contribution in [0.4, 0.5) is 30.6 Å². The molecule has 0 aliphatic carbocycles. The average Bonchev–Trinajstić information content (AvgIpc) is 1.59. The molecule has 8 rings (SSSR count). The molecule has 122 heavy (non-hydrogen) atoms. The summed E-state index contributed by atoms with van der Waals surface area (Å²) in [6, 6.07) is 16.5. The standard InChI is InChI=1S/C46H65N5O9Si.C45H63N5O10Si/c1-12-20-58-40(53)25-34(28(2)3)41(54)49-36(14-13-19-48-44(47)56)39(52)24-32-15-17-33(18-16-32)27-59-45(57)51-37-23-31(6)30(5)22-35(37)42(55)50-26-29(4)21-38(50)43(51)60-61(10,11)46(7,8)9;1-11-19-58-39(53)23-32(27(2)3)40(54)48-34(13-12-18-47-43(46)56)38(52)22-30-14-16-31(17-15-30)26-59-44(57)50-35-24-37(51)29(5)21-33(35)41(55)49-25-28(4)20-36(49)42(50)60-61(9,10)45(6,7)8/h12,15-18,22-23,26,28,34,36,38,43H,1,13-14,19-21,24-25,27H2,2-11H3,(H,49,54)(H3,47,48,56);11,14-17,21,24-25,27,32,34,36,42,51H,1,12-13,18-20,22-23,26H2,2-10H3,(H,48,54)(H3,46,47,56)/t34-,36-,38-,43-;32-,34-,36-,42-/m00/s1. The van der Waals surface area contributed by atoms with Crippen LogP contribution in [-0.2, 0) is 82.6 Å². The van der Waals surface area contributed by atoms with Crippen molar-refractivity contribution in [2.75, 3.05) is 36.1 Å². The first-order valence-corrected chi connectivity index (χ1v) is 47.5. The molecule has 0 saturated carbocycles. The Bertz CT molecular complexity index is 4300. The maximum absolute atomic E-state index is 14.5. The number of ketones is 2. The number of nitrogens with one attached hydrogen (secondary N) is 4. The minimum absolute atomic E-state index is 0.0167. The second-order valence-corrected chi connectivity index (χ2v) is 45.4. The summed E-state index contributed by atoms with van der Waals surface area (Å²) >= 11 is 0. The highest BCUT2D eigenvalue weighted by atomic mass is 28.4. The zero-order valence-electron chi connectivity index (χ0n) is 74.5. The van der Waals surface area contributed by atoms with Gasteiger partial charge < -0.3 is 75.4 Å². The van der Waals surface area contributed by atoms with Gasteiger partial charge in [-0.3, -0.25) is 38.4 Å². The van der Waals surface area contributed by atoms with Gasteiger partial charge in [-0.05, 0) is 178 Å². The van der Waals surface area contributed by atoms with Crippen LogP contribution in [0.15, 0.2) is 122 Å². The number of esters is 2. The Morgan fingerprint density at radius 3 is 1.21 bits per heavy atom. The number of carbonyl (C=O) groups is 12. The summed E-state index contributed by atoms with van der Waals surface area (Å²) in [5.41, 5.74) is 18.6. The first-order valence-electron chi connectivity index (χ1n) is 41.7.